The van der Waals surface area contributed by atoms with Crippen LogP contribution in [0.15, 0.2) is 45.9 Å². The van der Waals surface area contributed by atoms with Crippen molar-refractivity contribution in [2.24, 2.45) is 10.7 Å². The molecule has 0 radical (unpaired) electrons. The van der Waals surface area contributed by atoms with Gasteiger partial charge in [-0.3, -0.25) is 0 Å². The number of methoxy groups -OCH3 is 1. The largest absolute Gasteiger partial charge is 0.497 e. The van der Waals surface area contributed by atoms with Crippen molar-refractivity contribution < 1.29 is 9.47 Å². The van der Waals surface area contributed by atoms with Crippen LogP contribution in [-0.4, -0.2) is 19.7 Å². The molecule has 1 spiro atoms. The van der Waals surface area contributed by atoms with Gasteiger partial charge in [0.05, 0.1) is 7.11 Å². The third-order valence-corrected chi connectivity index (χ3v) is 5.17. The van der Waals surface area contributed by atoms with Gasteiger partial charge in [0, 0.05) is 4.47 Å². The molecule has 0 saturated heterocycles. The lowest BCUT2D eigenvalue weighted by Gasteiger charge is -2.27. The van der Waals surface area contributed by atoms with Gasteiger partial charge in [-0.2, -0.15) is 0 Å². The van der Waals surface area contributed by atoms with Crippen molar-refractivity contribution in [3.05, 3.63) is 63.1 Å². The highest BCUT2D eigenvalue weighted by Gasteiger charge is 2.44. The summed E-state index contributed by atoms with van der Waals surface area (Å²) in [6.07, 6.45) is 1.93. The van der Waals surface area contributed by atoms with E-state index in [1.54, 1.807) is 7.11 Å². The average molecular weight is 373 g/mol. The first-order valence-corrected chi connectivity index (χ1v) is 8.36. The molecule has 23 heavy (non-hydrogen) atoms. The molecule has 1 aliphatic carbocycles. The Bertz CT molecular complexity index is 819. The van der Waals surface area contributed by atoms with Crippen molar-refractivity contribution in [3.63, 3.8) is 0 Å². The molecule has 0 bridgehead atoms. The van der Waals surface area contributed by atoms with Gasteiger partial charge < -0.3 is 15.2 Å². The summed E-state index contributed by atoms with van der Waals surface area (Å²) in [5.74, 6) is 0.822. The van der Waals surface area contributed by atoms with E-state index in [-0.39, 0.29) is 6.02 Å². The minimum atomic E-state index is -0.594. The topological polar surface area (TPSA) is 56.8 Å². The number of nitrogens with two attached hydrogens (primary N) is 1. The molecule has 1 unspecified atom stereocenters. The lowest BCUT2D eigenvalue weighted by molar-refractivity contribution is 0.277. The third kappa shape index (κ3) is 2.22. The van der Waals surface area contributed by atoms with Crippen molar-refractivity contribution in [2.45, 2.75) is 18.4 Å². The normalized spacial score (nSPS) is 21.9. The number of halogens is 1. The zero-order valence-corrected chi connectivity index (χ0v) is 14.4. The van der Waals surface area contributed by atoms with Crippen LogP contribution >= 0.6 is 15.9 Å². The lowest BCUT2D eigenvalue weighted by Crippen LogP contribution is -2.28. The molecule has 4 nitrogen and oxygen atoms in total. The number of nitrogens with zero attached hydrogens (tertiary/aromatic N) is 1. The van der Waals surface area contributed by atoms with Gasteiger partial charge in [0.2, 0.25) is 0 Å². The minimum Gasteiger partial charge on any atom is -0.497 e. The highest BCUT2D eigenvalue weighted by molar-refractivity contribution is 9.10. The van der Waals surface area contributed by atoms with Gasteiger partial charge in [0.1, 0.15) is 12.4 Å². The van der Waals surface area contributed by atoms with Gasteiger partial charge in [-0.25, -0.2) is 4.99 Å². The summed E-state index contributed by atoms with van der Waals surface area (Å²) in [6.45, 7) is 0.419. The first kappa shape index (κ1) is 14.6. The highest BCUT2D eigenvalue weighted by atomic mass is 79.9. The number of benzene rings is 2. The lowest BCUT2D eigenvalue weighted by atomic mass is 9.81. The maximum Gasteiger partial charge on any atom is 0.283 e. The fourth-order valence-corrected chi connectivity index (χ4v) is 3.92. The summed E-state index contributed by atoms with van der Waals surface area (Å²) < 4.78 is 12.1. The number of ether oxygens (including phenoxy) is 2. The standard InChI is InChI=1S/C18H17BrN2O2/c1-22-14-7-5-12-3-2-11-4-6-13(19)8-15(11)18(16(12)9-14)10-23-17(20)21-18/h4-9H,2-3,10H2,1H3,(H2,20,21). The van der Waals surface area contributed by atoms with E-state index in [0.29, 0.717) is 6.61 Å². The zero-order chi connectivity index (χ0) is 16.0. The number of hydrogen-bond acceptors (Lipinski definition) is 4. The molecule has 0 fully saturated rings. The van der Waals surface area contributed by atoms with Crippen LogP contribution in [0.3, 0.4) is 0 Å². The monoisotopic (exact) mass is 372 g/mol. The Kier molecular flexibility index (Phi) is 3.34. The molecule has 2 aromatic carbocycles. The second kappa shape index (κ2) is 5.27. The van der Waals surface area contributed by atoms with E-state index in [1.165, 1.54) is 11.1 Å². The molecule has 2 aromatic rings. The summed E-state index contributed by atoms with van der Waals surface area (Å²) in [7, 11) is 1.68. The number of aliphatic imine (C=N–C) groups is 1. The Hall–Kier alpha value is -2.01. The van der Waals surface area contributed by atoms with E-state index in [2.05, 4.69) is 46.3 Å². The maximum atomic E-state index is 5.90. The van der Waals surface area contributed by atoms with E-state index < -0.39 is 5.54 Å². The number of aryl methyl sites for hydroxylation is 2. The van der Waals surface area contributed by atoms with E-state index in [9.17, 15) is 0 Å². The molecular weight excluding hydrogens is 356 g/mol. The SMILES string of the molecule is COc1ccc2c(c1)C1(COC(N)=N1)c1cc(Br)ccc1CC2. The molecular formula is C18H17BrN2O2. The second-order valence-electron chi connectivity index (χ2n) is 5.92. The van der Waals surface area contributed by atoms with Crippen LogP contribution in [-0.2, 0) is 23.1 Å². The molecule has 4 rings (SSSR count). The fraction of sp³-hybridized carbons (Fsp3) is 0.278. The molecule has 1 atom stereocenters. The van der Waals surface area contributed by atoms with Crippen LogP contribution < -0.4 is 10.5 Å². The predicted molar refractivity (Wildman–Crippen MR) is 92.9 cm³/mol. The maximum absolute atomic E-state index is 5.90. The third-order valence-electron chi connectivity index (χ3n) is 4.67. The first-order chi connectivity index (χ1) is 11.1. The van der Waals surface area contributed by atoms with Crippen LogP contribution in [0.5, 0.6) is 5.75 Å². The van der Waals surface area contributed by atoms with Crippen molar-refractivity contribution in [3.8, 4) is 5.75 Å². The van der Waals surface area contributed by atoms with Crippen LogP contribution in [0, 0.1) is 0 Å². The van der Waals surface area contributed by atoms with E-state index in [0.717, 1.165) is 34.2 Å². The molecule has 118 valence electrons. The number of amidine groups is 1. The van der Waals surface area contributed by atoms with Gasteiger partial charge in [-0.05, 0) is 59.4 Å². The van der Waals surface area contributed by atoms with E-state index >= 15 is 0 Å². The summed E-state index contributed by atoms with van der Waals surface area (Å²) >= 11 is 3.58. The van der Waals surface area contributed by atoms with Crippen molar-refractivity contribution in [1.29, 1.82) is 0 Å². The highest BCUT2D eigenvalue weighted by Crippen LogP contribution is 2.45. The van der Waals surface area contributed by atoms with Crippen molar-refractivity contribution >= 4 is 22.0 Å². The Morgan fingerprint density at radius 1 is 1.13 bits per heavy atom. The molecule has 2 N–H and O–H groups in total. The Morgan fingerprint density at radius 2 is 1.83 bits per heavy atom. The molecule has 0 amide bonds. The molecule has 1 aliphatic heterocycles. The van der Waals surface area contributed by atoms with Crippen LogP contribution in [0.4, 0.5) is 0 Å². The van der Waals surface area contributed by atoms with Gasteiger partial charge in [0.15, 0.2) is 5.54 Å². The Morgan fingerprint density at radius 3 is 2.48 bits per heavy atom. The van der Waals surface area contributed by atoms with Crippen LogP contribution in [0.25, 0.3) is 0 Å². The van der Waals surface area contributed by atoms with Crippen molar-refractivity contribution in [2.75, 3.05) is 13.7 Å². The molecule has 2 aliphatic rings. The number of fused-ring (bicyclic) bond motifs is 4. The molecule has 0 aromatic heterocycles. The van der Waals surface area contributed by atoms with Gasteiger partial charge >= 0.3 is 0 Å². The fourth-order valence-electron chi connectivity index (χ4n) is 3.56. The summed E-state index contributed by atoms with van der Waals surface area (Å²) in [6, 6.07) is 12.8. The Balaban J connectivity index is 2.04. The molecule has 5 heteroatoms. The summed E-state index contributed by atoms with van der Waals surface area (Å²) in [5.41, 5.74) is 10.1. The number of rotatable bonds is 1. The minimum absolute atomic E-state index is 0.242. The van der Waals surface area contributed by atoms with Crippen molar-refractivity contribution in [1.82, 2.24) is 0 Å². The number of hydrogen-bond donors (Lipinski definition) is 1. The van der Waals surface area contributed by atoms with Gasteiger partial charge in [-0.1, -0.05) is 28.1 Å². The smallest absolute Gasteiger partial charge is 0.283 e. The van der Waals surface area contributed by atoms with Crippen LogP contribution in [0.2, 0.25) is 0 Å². The van der Waals surface area contributed by atoms with Gasteiger partial charge in [0.25, 0.3) is 6.02 Å². The van der Waals surface area contributed by atoms with Crippen LogP contribution in [0.1, 0.15) is 22.3 Å². The quantitative estimate of drug-likeness (QED) is 0.836. The predicted octanol–water partition coefficient (Wildman–Crippen LogP) is 3.14. The molecule has 0 saturated carbocycles. The Labute approximate surface area is 143 Å². The first-order valence-electron chi connectivity index (χ1n) is 7.57. The van der Waals surface area contributed by atoms with E-state index in [1.807, 2.05) is 6.07 Å². The second-order valence-corrected chi connectivity index (χ2v) is 6.84. The summed E-state index contributed by atoms with van der Waals surface area (Å²) in [5, 5.41) is 0. The van der Waals surface area contributed by atoms with Gasteiger partial charge in [-0.15, -0.1) is 0 Å². The zero-order valence-electron chi connectivity index (χ0n) is 12.8. The summed E-state index contributed by atoms with van der Waals surface area (Å²) in [4.78, 5) is 4.73. The molecule has 1 heterocycles. The average Bonchev–Trinajstić information content (AvgIpc) is 2.90. The van der Waals surface area contributed by atoms with E-state index in [4.69, 9.17) is 20.2 Å².